The summed E-state index contributed by atoms with van der Waals surface area (Å²) in [5.41, 5.74) is 3.50. The van der Waals surface area contributed by atoms with Crippen LogP contribution in [0.2, 0.25) is 5.02 Å². The number of rotatable bonds is 7. The van der Waals surface area contributed by atoms with Crippen LogP contribution in [0.15, 0.2) is 102 Å². The van der Waals surface area contributed by atoms with Gasteiger partial charge in [0.2, 0.25) is 0 Å². The second kappa shape index (κ2) is 11.0. The maximum Gasteiger partial charge on any atom is 0.266 e. The zero-order valence-electron chi connectivity index (χ0n) is 20.5. The van der Waals surface area contributed by atoms with Crippen LogP contribution in [0.25, 0.3) is 0 Å². The predicted octanol–water partition coefficient (Wildman–Crippen LogP) is 6.68. The van der Waals surface area contributed by atoms with Crippen LogP contribution < -0.4 is 9.62 Å². The lowest BCUT2D eigenvalue weighted by Crippen LogP contribution is -2.32. The van der Waals surface area contributed by atoms with E-state index in [-0.39, 0.29) is 39.7 Å². The van der Waals surface area contributed by atoms with E-state index in [9.17, 15) is 17.6 Å². The summed E-state index contributed by atoms with van der Waals surface area (Å²) in [5, 5.41) is 3.05. The molecule has 0 bridgehead atoms. The molecule has 0 heterocycles. The third-order valence-electron chi connectivity index (χ3n) is 6.72. The molecular formula is C30H26ClFN2O3S. The highest BCUT2D eigenvalue weighted by molar-refractivity contribution is 7.93. The van der Waals surface area contributed by atoms with Crippen LogP contribution in [0.4, 0.5) is 10.1 Å². The molecule has 5 nitrogen and oxygen atoms in total. The Morgan fingerprint density at radius 2 is 1.66 bits per heavy atom. The van der Waals surface area contributed by atoms with Crippen molar-refractivity contribution in [1.29, 1.82) is 0 Å². The van der Waals surface area contributed by atoms with Gasteiger partial charge in [0.05, 0.1) is 23.3 Å². The maximum absolute atomic E-state index is 14.0. The molecule has 38 heavy (non-hydrogen) atoms. The van der Waals surface area contributed by atoms with Gasteiger partial charge in [0.1, 0.15) is 10.7 Å². The molecule has 1 amide bonds. The number of hydrogen-bond acceptors (Lipinski definition) is 3. The average Bonchev–Trinajstić information content (AvgIpc) is 2.93. The second-order valence-electron chi connectivity index (χ2n) is 9.24. The summed E-state index contributed by atoms with van der Waals surface area (Å²) >= 11 is 6.41. The molecule has 1 N–H and O–H groups in total. The molecule has 5 rings (SSSR count). The molecule has 0 saturated heterocycles. The van der Waals surface area contributed by atoms with Gasteiger partial charge in [0, 0.05) is 5.56 Å². The van der Waals surface area contributed by atoms with Gasteiger partial charge in [0.15, 0.2) is 0 Å². The van der Waals surface area contributed by atoms with Crippen LogP contribution in [0.5, 0.6) is 0 Å². The minimum atomic E-state index is -4.23. The molecule has 4 aromatic rings. The summed E-state index contributed by atoms with van der Waals surface area (Å²) in [4.78, 5) is 13.1. The molecule has 0 aromatic heterocycles. The fraction of sp³-hybridized carbons (Fsp3) is 0.167. The van der Waals surface area contributed by atoms with Crippen LogP contribution in [-0.4, -0.2) is 14.3 Å². The third kappa shape index (κ3) is 5.44. The number of anilines is 1. The fourth-order valence-corrected chi connectivity index (χ4v) is 6.73. The molecule has 1 atom stereocenters. The first-order valence-corrected chi connectivity index (χ1v) is 14.2. The molecule has 194 valence electrons. The van der Waals surface area contributed by atoms with Gasteiger partial charge in [-0.2, -0.15) is 0 Å². The van der Waals surface area contributed by atoms with Gasteiger partial charge < -0.3 is 5.32 Å². The van der Waals surface area contributed by atoms with Gasteiger partial charge in [0.25, 0.3) is 15.9 Å². The van der Waals surface area contributed by atoms with Crippen molar-refractivity contribution in [3.05, 3.63) is 130 Å². The Labute approximate surface area is 226 Å². The van der Waals surface area contributed by atoms with Crippen LogP contribution in [0.3, 0.4) is 0 Å². The SMILES string of the molecule is O=C(N[C@H]1CCCc2ccccc21)c1ccc(Cl)c(S(=O)(=O)N(Cc2ccccc2)c2ccc(F)cc2)c1. The molecule has 8 heteroatoms. The van der Waals surface area contributed by atoms with Crippen molar-refractivity contribution in [2.45, 2.75) is 36.7 Å². The summed E-state index contributed by atoms with van der Waals surface area (Å²) in [6.07, 6.45) is 2.72. The number of halogens is 2. The van der Waals surface area contributed by atoms with E-state index in [1.54, 1.807) is 12.1 Å². The number of amides is 1. The highest BCUT2D eigenvalue weighted by Gasteiger charge is 2.29. The Balaban J connectivity index is 1.48. The van der Waals surface area contributed by atoms with Crippen LogP contribution >= 0.6 is 11.6 Å². The van der Waals surface area contributed by atoms with Crippen LogP contribution in [0, 0.1) is 5.82 Å². The van der Waals surface area contributed by atoms with Crippen molar-refractivity contribution in [2.24, 2.45) is 0 Å². The van der Waals surface area contributed by atoms with Crippen LogP contribution in [-0.2, 0) is 23.0 Å². The van der Waals surface area contributed by atoms with Crippen molar-refractivity contribution < 1.29 is 17.6 Å². The van der Waals surface area contributed by atoms with Gasteiger partial charge in [-0.1, -0.05) is 66.2 Å². The number of benzene rings is 4. The van der Waals surface area contributed by atoms with Crippen molar-refractivity contribution in [3.63, 3.8) is 0 Å². The second-order valence-corrected chi connectivity index (χ2v) is 11.5. The molecule has 0 fully saturated rings. The van der Waals surface area contributed by atoms with Crippen molar-refractivity contribution >= 4 is 33.2 Å². The van der Waals surface area contributed by atoms with Crippen LogP contribution in [0.1, 0.15) is 45.9 Å². The molecule has 0 saturated carbocycles. The minimum absolute atomic E-state index is 0.000413. The van der Waals surface area contributed by atoms with Gasteiger partial charge in [-0.05, 0) is 78.4 Å². The summed E-state index contributed by atoms with van der Waals surface area (Å²) < 4.78 is 42.8. The zero-order valence-corrected chi connectivity index (χ0v) is 22.1. The lowest BCUT2D eigenvalue weighted by atomic mass is 9.87. The molecule has 0 aliphatic heterocycles. The van der Waals surface area contributed by atoms with Gasteiger partial charge in [-0.15, -0.1) is 0 Å². The Hall–Kier alpha value is -3.68. The minimum Gasteiger partial charge on any atom is -0.345 e. The Morgan fingerprint density at radius 3 is 2.42 bits per heavy atom. The van der Waals surface area contributed by atoms with Crippen molar-refractivity contribution in [3.8, 4) is 0 Å². The van der Waals surface area contributed by atoms with E-state index in [4.69, 9.17) is 11.6 Å². The molecule has 4 aromatic carbocycles. The predicted molar refractivity (Wildman–Crippen MR) is 147 cm³/mol. The topological polar surface area (TPSA) is 66.5 Å². The first-order valence-electron chi connectivity index (χ1n) is 12.3. The molecule has 0 unspecified atom stereocenters. The van der Waals surface area contributed by atoms with Gasteiger partial charge in [-0.25, -0.2) is 12.8 Å². The molecule has 0 spiro atoms. The summed E-state index contributed by atoms with van der Waals surface area (Å²) in [6.45, 7) is 0.000413. The summed E-state index contributed by atoms with van der Waals surface area (Å²) in [5.74, 6) is -0.858. The largest absolute Gasteiger partial charge is 0.345 e. The van der Waals surface area contributed by atoms with E-state index in [0.717, 1.165) is 30.4 Å². The molecule has 1 aliphatic rings. The number of sulfonamides is 1. The highest BCUT2D eigenvalue weighted by atomic mass is 35.5. The Kier molecular flexibility index (Phi) is 7.49. The van der Waals surface area contributed by atoms with Crippen molar-refractivity contribution in [1.82, 2.24) is 5.32 Å². The molecule has 0 radical (unpaired) electrons. The number of carbonyl (C=O) groups is 1. The highest BCUT2D eigenvalue weighted by Crippen LogP contribution is 2.32. The normalized spacial score (nSPS) is 14.9. The number of nitrogens with one attached hydrogen (secondary N) is 1. The van der Waals surface area contributed by atoms with Crippen molar-refractivity contribution in [2.75, 3.05) is 4.31 Å². The number of hydrogen-bond donors (Lipinski definition) is 1. The van der Waals surface area contributed by atoms with E-state index in [2.05, 4.69) is 11.4 Å². The van der Waals surface area contributed by atoms with Gasteiger partial charge in [-0.3, -0.25) is 9.10 Å². The lowest BCUT2D eigenvalue weighted by Gasteiger charge is -2.27. The first-order chi connectivity index (χ1) is 18.3. The smallest absolute Gasteiger partial charge is 0.266 e. The van der Waals surface area contributed by atoms with E-state index in [0.29, 0.717) is 0 Å². The Morgan fingerprint density at radius 1 is 0.947 bits per heavy atom. The number of nitrogens with zero attached hydrogens (tertiary/aromatic N) is 1. The first kappa shape index (κ1) is 25.9. The third-order valence-corrected chi connectivity index (χ3v) is 8.98. The average molecular weight is 549 g/mol. The maximum atomic E-state index is 14.0. The summed E-state index contributed by atoms with van der Waals surface area (Å²) in [6, 6.07) is 26.4. The number of fused-ring (bicyclic) bond motifs is 1. The fourth-order valence-electron chi connectivity index (χ4n) is 4.78. The molecular weight excluding hydrogens is 523 g/mol. The van der Waals surface area contributed by atoms with Gasteiger partial charge >= 0.3 is 0 Å². The number of aryl methyl sites for hydroxylation is 1. The Bertz CT molecular complexity index is 1560. The molecule has 1 aliphatic carbocycles. The van der Waals surface area contributed by atoms with E-state index < -0.39 is 15.8 Å². The summed E-state index contributed by atoms with van der Waals surface area (Å²) in [7, 11) is -4.23. The van der Waals surface area contributed by atoms with E-state index >= 15 is 0 Å². The van der Waals surface area contributed by atoms with E-state index in [1.165, 1.54) is 52.3 Å². The standard InChI is InChI=1S/C30H26ClFN2O3S/c31-27-18-13-23(30(35)33-28-12-6-10-22-9-4-5-11-26(22)28)19-29(27)38(36,37)34(20-21-7-2-1-3-8-21)25-16-14-24(32)15-17-25/h1-5,7-9,11,13-19,28H,6,10,12,20H2,(H,33,35)/t28-/m0/s1. The zero-order chi connectivity index (χ0) is 26.7. The van der Waals surface area contributed by atoms with E-state index in [1.807, 2.05) is 36.4 Å². The quantitative estimate of drug-likeness (QED) is 0.280. The monoisotopic (exact) mass is 548 g/mol. The lowest BCUT2D eigenvalue weighted by molar-refractivity contribution is 0.0932. The number of carbonyl (C=O) groups excluding carboxylic acids is 1.